The van der Waals surface area contributed by atoms with E-state index in [1.165, 1.54) is 0 Å². The van der Waals surface area contributed by atoms with E-state index in [-0.39, 0.29) is 5.54 Å². The summed E-state index contributed by atoms with van der Waals surface area (Å²) in [6.07, 6.45) is 1.74. The highest BCUT2D eigenvalue weighted by Crippen LogP contribution is 2.17. The van der Waals surface area contributed by atoms with Gasteiger partial charge in [-0.1, -0.05) is 6.92 Å². The van der Waals surface area contributed by atoms with Crippen LogP contribution in [0.25, 0.3) is 5.65 Å². The third kappa shape index (κ3) is 1.70. The van der Waals surface area contributed by atoms with Gasteiger partial charge in [-0.15, -0.1) is 10.2 Å². The Kier molecular flexibility index (Phi) is 2.40. The fraction of sp³-hybridized carbons (Fsp3) is 0.500. The molecule has 5 heteroatoms. The van der Waals surface area contributed by atoms with Crippen LogP contribution >= 0.6 is 0 Å². The van der Waals surface area contributed by atoms with Crippen molar-refractivity contribution in [3.63, 3.8) is 0 Å². The second kappa shape index (κ2) is 3.58. The van der Waals surface area contributed by atoms with Crippen LogP contribution in [0.2, 0.25) is 0 Å². The summed E-state index contributed by atoms with van der Waals surface area (Å²) in [5.41, 5.74) is 0.557. The first-order valence-electron chi connectivity index (χ1n) is 5.07. The average Bonchev–Trinajstić information content (AvgIpc) is 2.61. The van der Waals surface area contributed by atoms with Crippen molar-refractivity contribution in [2.24, 2.45) is 0 Å². The molecule has 0 radical (unpaired) electrons. The lowest BCUT2D eigenvalue weighted by Gasteiger charge is -2.22. The van der Waals surface area contributed by atoms with E-state index in [2.05, 4.69) is 41.4 Å². The largest absolute Gasteiger partial charge is 0.305 e. The Balaban J connectivity index is 2.52. The van der Waals surface area contributed by atoms with E-state index < -0.39 is 0 Å². The summed E-state index contributed by atoms with van der Waals surface area (Å²) in [6, 6.07) is 3.75. The topological polar surface area (TPSA) is 55.1 Å². The van der Waals surface area contributed by atoms with Crippen LogP contribution in [-0.4, -0.2) is 26.4 Å². The number of fused-ring (bicyclic) bond motifs is 1. The van der Waals surface area contributed by atoms with E-state index in [9.17, 15) is 0 Å². The third-order valence-electron chi connectivity index (χ3n) is 2.36. The van der Waals surface area contributed by atoms with E-state index in [4.69, 9.17) is 0 Å². The van der Waals surface area contributed by atoms with Crippen LogP contribution in [0.1, 0.15) is 26.6 Å². The van der Waals surface area contributed by atoms with Crippen LogP contribution in [0, 0.1) is 0 Å². The molecule has 80 valence electrons. The molecule has 2 heterocycles. The maximum atomic E-state index is 4.24. The zero-order valence-electron chi connectivity index (χ0n) is 9.23. The highest BCUT2D eigenvalue weighted by molar-refractivity contribution is 5.35. The number of aromatic nitrogens is 4. The van der Waals surface area contributed by atoms with Gasteiger partial charge in [-0.05, 0) is 32.5 Å². The molecule has 0 bridgehead atoms. The summed E-state index contributed by atoms with van der Waals surface area (Å²) >= 11 is 0. The molecule has 5 nitrogen and oxygen atoms in total. The zero-order valence-corrected chi connectivity index (χ0v) is 9.23. The molecule has 2 aromatic rings. The quantitative estimate of drug-likeness (QED) is 0.811. The van der Waals surface area contributed by atoms with Crippen molar-refractivity contribution in [1.29, 1.82) is 0 Å². The predicted molar refractivity (Wildman–Crippen MR) is 57.5 cm³/mol. The molecule has 1 N–H and O–H groups in total. The lowest BCUT2D eigenvalue weighted by Crippen LogP contribution is -2.38. The molecule has 0 unspecified atom stereocenters. The number of nitrogens with one attached hydrogen (secondary N) is 1. The number of hydrogen-bond acceptors (Lipinski definition) is 4. The second-order valence-corrected chi connectivity index (χ2v) is 3.97. The van der Waals surface area contributed by atoms with Gasteiger partial charge in [-0.25, -0.2) is 0 Å². The number of hydrogen-bond donors (Lipinski definition) is 1. The van der Waals surface area contributed by atoms with Crippen molar-refractivity contribution in [1.82, 2.24) is 25.1 Å². The molecule has 0 fully saturated rings. The standard InChI is InChI=1S/C10H15N5/c1-4-11-10(2,3)9-14-13-8-6-5-7-12-15(8)9/h5-7,11H,4H2,1-3H3. The summed E-state index contributed by atoms with van der Waals surface area (Å²) in [5.74, 6) is 0.833. The summed E-state index contributed by atoms with van der Waals surface area (Å²) in [6.45, 7) is 7.09. The Morgan fingerprint density at radius 2 is 2.20 bits per heavy atom. The first kappa shape index (κ1) is 10.0. The summed E-state index contributed by atoms with van der Waals surface area (Å²) in [5, 5.41) is 15.8. The van der Waals surface area contributed by atoms with Gasteiger partial charge in [0, 0.05) is 6.20 Å². The van der Waals surface area contributed by atoms with E-state index >= 15 is 0 Å². The van der Waals surface area contributed by atoms with Crippen LogP contribution in [0.3, 0.4) is 0 Å². The Hall–Kier alpha value is -1.49. The van der Waals surface area contributed by atoms with Gasteiger partial charge >= 0.3 is 0 Å². The van der Waals surface area contributed by atoms with Crippen molar-refractivity contribution in [2.45, 2.75) is 26.3 Å². The highest BCUT2D eigenvalue weighted by atomic mass is 15.4. The normalized spacial score (nSPS) is 12.2. The molecule has 0 aliphatic rings. The van der Waals surface area contributed by atoms with Crippen LogP contribution in [-0.2, 0) is 5.54 Å². The first-order valence-corrected chi connectivity index (χ1v) is 5.07. The van der Waals surface area contributed by atoms with Gasteiger partial charge in [-0.2, -0.15) is 9.61 Å². The van der Waals surface area contributed by atoms with Crippen molar-refractivity contribution < 1.29 is 0 Å². The molecule has 0 aliphatic heterocycles. The highest BCUT2D eigenvalue weighted by Gasteiger charge is 2.25. The monoisotopic (exact) mass is 205 g/mol. The minimum Gasteiger partial charge on any atom is -0.305 e. The molecule has 2 aromatic heterocycles. The molecular formula is C10H15N5. The Bertz CT molecular complexity index is 460. The summed E-state index contributed by atoms with van der Waals surface area (Å²) in [4.78, 5) is 0. The lowest BCUT2D eigenvalue weighted by atomic mass is 10.1. The van der Waals surface area contributed by atoms with Crippen LogP contribution in [0.4, 0.5) is 0 Å². The van der Waals surface area contributed by atoms with Crippen molar-refractivity contribution in [2.75, 3.05) is 6.54 Å². The van der Waals surface area contributed by atoms with Crippen molar-refractivity contribution >= 4 is 5.65 Å². The molecule has 0 saturated carbocycles. The van der Waals surface area contributed by atoms with Gasteiger partial charge in [0.15, 0.2) is 11.5 Å². The Morgan fingerprint density at radius 1 is 1.40 bits per heavy atom. The second-order valence-electron chi connectivity index (χ2n) is 3.97. The Labute approximate surface area is 88.5 Å². The molecule has 2 rings (SSSR count). The minimum absolute atomic E-state index is 0.220. The zero-order chi connectivity index (χ0) is 10.9. The molecule has 0 aromatic carbocycles. The molecule has 0 spiro atoms. The van der Waals surface area contributed by atoms with Gasteiger partial charge in [0.05, 0.1) is 5.54 Å². The maximum Gasteiger partial charge on any atom is 0.177 e. The lowest BCUT2D eigenvalue weighted by molar-refractivity contribution is 0.383. The first-order chi connectivity index (χ1) is 7.15. The summed E-state index contributed by atoms with van der Waals surface area (Å²) in [7, 11) is 0. The van der Waals surface area contributed by atoms with Gasteiger partial charge in [0.2, 0.25) is 0 Å². The van der Waals surface area contributed by atoms with E-state index in [1.54, 1.807) is 10.7 Å². The average molecular weight is 205 g/mol. The fourth-order valence-electron chi connectivity index (χ4n) is 1.65. The molecule has 0 amide bonds. The Morgan fingerprint density at radius 3 is 2.93 bits per heavy atom. The van der Waals surface area contributed by atoms with Gasteiger partial charge in [0.25, 0.3) is 0 Å². The van der Waals surface area contributed by atoms with Gasteiger partial charge < -0.3 is 5.32 Å². The smallest absolute Gasteiger partial charge is 0.177 e. The van der Waals surface area contributed by atoms with Crippen molar-refractivity contribution in [3.8, 4) is 0 Å². The number of nitrogens with zero attached hydrogens (tertiary/aromatic N) is 4. The predicted octanol–water partition coefficient (Wildman–Crippen LogP) is 0.969. The summed E-state index contributed by atoms with van der Waals surface area (Å²) < 4.78 is 1.77. The molecule has 0 atom stereocenters. The fourth-order valence-corrected chi connectivity index (χ4v) is 1.65. The maximum absolute atomic E-state index is 4.24. The van der Waals surface area contributed by atoms with E-state index in [0.29, 0.717) is 0 Å². The third-order valence-corrected chi connectivity index (χ3v) is 2.36. The SMILES string of the molecule is CCNC(C)(C)c1nnc2cccnn12. The molecular weight excluding hydrogens is 190 g/mol. The minimum atomic E-state index is -0.220. The number of rotatable bonds is 3. The van der Waals surface area contributed by atoms with Crippen LogP contribution in [0.5, 0.6) is 0 Å². The molecule has 15 heavy (non-hydrogen) atoms. The van der Waals surface area contributed by atoms with Crippen LogP contribution in [0.15, 0.2) is 18.3 Å². The van der Waals surface area contributed by atoms with Gasteiger partial charge in [-0.3, -0.25) is 0 Å². The van der Waals surface area contributed by atoms with E-state index in [1.807, 2.05) is 12.1 Å². The van der Waals surface area contributed by atoms with E-state index in [0.717, 1.165) is 18.0 Å². The molecule has 0 aliphatic carbocycles. The molecule has 0 saturated heterocycles. The van der Waals surface area contributed by atoms with Gasteiger partial charge in [0.1, 0.15) is 0 Å². The van der Waals surface area contributed by atoms with Crippen molar-refractivity contribution in [3.05, 3.63) is 24.2 Å². The van der Waals surface area contributed by atoms with Crippen LogP contribution < -0.4 is 5.32 Å².